The number of carbonyl (C=O) groups is 1. The average Bonchev–Trinajstić information content (AvgIpc) is 3.14. The van der Waals surface area contributed by atoms with Crippen molar-refractivity contribution in [2.45, 2.75) is 0 Å². The lowest BCUT2D eigenvalue weighted by molar-refractivity contribution is -0.114. The van der Waals surface area contributed by atoms with Crippen molar-refractivity contribution in [3.63, 3.8) is 0 Å². The summed E-state index contributed by atoms with van der Waals surface area (Å²) < 4.78 is 27.4. The summed E-state index contributed by atoms with van der Waals surface area (Å²) in [6.45, 7) is -0.0358. The Hall–Kier alpha value is -4.07. The molecule has 0 saturated heterocycles. The maximum Gasteiger partial charge on any atom is 0.243 e. The molecule has 0 aliphatic rings. The lowest BCUT2D eigenvalue weighted by Gasteiger charge is -2.08. The molecular weight excluding hydrogens is 388 g/mol. The van der Waals surface area contributed by atoms with Gasteiger partial charge in [0.15, 0.2) is 0 Å². The Morgan fingerprint density at radius 1 is 1.10 bits per heavy atom. The molecule has 2 aromatic carbocycles. The van der Waals surface area contributed by atoms with Gasteiger partial charge in [0.1, 0.15) is 11.6 Å². The summed E-state index contributed by atoms with van der Waals surface area (Å²) in [4.78, 5) is 16.2. The zero-order chi connectivity index (χ0) is 20.9. The van der Waals surface area contributed by atoms with Crippen LogP contribution in [-0.2, 0) is 4.79 Å². The molecule has 4 aromatic rings. The van der Waals surface area contributed by atoms with Crippen LogP contribution in [-0.4, -0.2) is 27.6 Å². The van der Waals surface area contributed by atoms with Crippen LogP contribution in [0.2, 0.25) is 0 Å². The molecule has 0 saturated carbocycles. The molecule has 0 fully saturated rings. The normalized spacial score (nSPS) is 11.1. The lowest BCUT2D eigenvalue weighted by Crippen LogP contribution is -2.22. The fourth-order valence-corrected chi connectivity index (χ4v) is 2.87. The van der Waals surface area contributed by atoms with Gasteiger partial charge in [-0.1, -0.05) is 18.2 Å². The van der Waals surface area contributed by atoms with E-state index in [2.05, 4.69) is 25.8 Å². The van der Waals surface area contributed by atoms with E-state index in [1.807, 2.05) is 0 Å². The van der Waals surface area contributed by atoms with Gasteiger partial charge in [-0.3, -0.25) is 14.9 Å². The summed E-state index contributed by atoms with van der Waals surface area (Å²) in [6, 6.07) is 12.3. The van der Waals surface area contributed by atoms with Crippen LogP contribution in [0.3, 0.4) is 0 Å². The van der Waals surface area contributed by atoms with E-state index in [0.717, 1.165) is 5.56 Å². The molecule has 0 aliphatic heterocycles. The molecule has 30 heavy (non-hydrogen) atoms. The van der Waals surface area contributed by atoms with Crippen LogP contribution in [0.15, 0.2) is 60.9 Å². The number of fused-ring (bicyclic) bond motifs is 1. The first-order valence-corrected chi connectivity index (χ1v) is 9.13. The summed E-state index contributed by atoms with van der Waals surface area (Å²) in [6.07, 6.45) is 6.72. The van der Waals surface area contributed by atoms with E-state index >= 15 is 0 Å². The highest BCUT2D eigenvalue weighted by Crippen LogP contribution is 2.25. The molecule has 1 amide bonds. The number of pyridine rings is 1. The third-order valence-electron chi connectivity index (χ3n) is 4.37. The van der Waals surface area contributed by atoms with E-state index in [-0.39, 0.29) is 18.0 Å². The number of carbonyl (C=O) groups excluding carboxylic acids is 1. The maximum absolute atomic E-state index is 14.4. The summed E-state index contributed by atoms with van der Waals surface area (Å²) in [5.74, 6) is -1.29. The standard InChI is InChI=1S/C22H17F2N5O/c23-15-6-3-14(4-7-15)5-8-19-17-10-21(18(24)11-20(17)29-28-19)27-22(30)13-26-16-2-1-9-25-12-16/h1-12,26H,13H2,(H,27,30)(H,28,29). The van der Waals surface area contributed by atoms with Crippen molar-refractivity contribution in [2.75, 3.05) is 17.2 Å². The summed E-state index contributed by atoms with van der Waals surface area (Å²) in [5.41, 5.74) is 2.60. The molecule has 0 spiro atoms. The fraction of sp³-hybridized carbons (Fsp3) is 0.0455. The molecule has 0 unspecified atom stereocenters. The van der Waals surface area contributed by atoms with Gasteiger partial charge in [0.2, 0.25) is 5.91 Å². The number of nitrogens with zero attached hydrogens (tertiary/aromatic N) is 2. The topological polar surface area (TPSA) is 82.7 Å². The molecular formula is C22H17F2N5O. The number of benzene rings is 2. The number of halogens is 2. The predicted octanol–water partition coefficient (Wildman–Crippen LogP) is 4.46. The van der Waals surface area contributed by atoms with Gasteiger partial charge in [-0.25, -0.2) is 8.78 Å². The smallest absolute Gasteiger partial charge is 0.243 e. The summed E-state index contributed by atoms with van der Waals surface area (Å²) in [5, 5.41) is 13.1. The number of rotatable bonds is 6. The van der Waals surface area contributed by atoms with Gasteiger partial charge in [-0.2, -0.15) is 5.10 Å². The van der Waals surface area contributed by atoms with E-state index in [4.69, 9.17) is 0 Å². The fourth-order valence-electron chi connectivity index (χ4n) is 2.87. The van der Waals surface area contributed by atoms with Crippen LogP contribution in [0.1, 0.15) is 11.3 Å². The van der Waals surface area contributed by atoms with Gasteiger partial charge in [-0.15, -0.1) is 0 Å². The highest BCUT2D eigenvalue weighted by atomic mass is 19.1. The van der Waals surface area contributed by atoms with Crippen LogP contribution in [0.5, 0.6) is 0 Å². The van der Waals surface area contributed by atoms with Crippen molar-refractivity contribution >= 4 is 40.3 Å². The Morgan fingerprint density at radius 3 is 2.70 bits per heavy atom. The van der Waals surface area contributed by atoms with Crippen molar-refractivity contribution in [3.8, 4) is 0 Å². The first kappa shape index (κ1) is 19.3. The maximum atomic E-state index is 14.4. The minimum atomic E-state index is -0.574. The molecule has 2 aromatic heterocycles. The minimum absolute atomic E-state index is 0.0358. The van der Waals surface area contributed by atoms with Crippen molar-refractivity contribution < 1.29 is 13.6 Å². The third kappa shape index (κ3) is 4.49. The van der Waals surface area contributed by atoms with E-state index in [9.17, 15) is 13.6 Å². The van der Waals surface area contributed by atoms with Crippen molar-refractivity contribution in [2.24, 2.45) is 0 Å². The number of amides is 1. The Morgan fingerprint density at radius 2 is 1.93 bits per heavy atom. The monoisotopic (exact) mass is 405 g/mol. The molecule has 6 nitrogen and oxygen atoms in total. The SMILES string of the molecule is O=C(CNc1cccnc1)Nc1cc2c(C=Cc3ccc(F)cc3)n[nH]c2cc1F. The first-order valence-electron chi connectivity index (χ1n) is 9.13. The second-order valence-corrected chi connectivity index (χ2v) is 6.51. The zero-order valence-corrected chi connectivity index (χ0v) is 15.7. The molecule has 4 rings (SSSR count). The van der Waals surface area contributed by atoms with Gasteiger partial charge in [0, 0.05) is 23.8 Å². The van der Waals surface area contributed by atoms with Gasteiger partial charge in [0.05, 0.1) is 29.1 Å². The first-order chi connectivity index (χ1) is 14.6. The van der Waals surface area contributed by atoms with Crippen molar-refractivity contribution in [3.05, 3.63) is 83.8 Å². The van der Waals surface area contributed by atoms with E-state index in [1.165, 1.54) is 24.3 Å². The van der Waals surface area contributed by atoms with E-state index < -0.39 is 11.7 Å². The molecule has 2 heterocycles. The van der Waals surface area contributed by atoms with Crippen LogP contribution in [0.4, 0.5) is 20.2 Å². The summed E-state index contributed by atoms with van der Waals surface area (Å²) in [7, 11) is 0. The Kier molecular flexibility index (Phi) is 5.47. The molecule has 0 atom stereocenters. The number of hydrogen-bond acceptors (Lipinski definition) is 4. The second kappa shape index (κ2) is 8.52. The quantitative estimate of drug-likeness (QED) is 0.442. The van der Waals surface area contributed by atoms with Gasteiger partial charge >= 0.3 is 0 Å². The number of nitrogens with one attached hydrogen (secondary N) is 3. The molecule has 150 valence electrons. The predicted molar refractivity (Wildman–Crippen MR) is 113 cm³/mol. The average molecular weight is 405 g/mol. The van der Waals surface area contributed by atoms with Crippen molar-refractivity contribution in [1.29, 1.82) is 0 Å². The van der Waals surface area contributed by atoms with Crippen LogP contribution < -0.4 is 10.6 Å². The van der Waals surface area contributed by atoms with Crippen LogP contribution in [0.25, 0.3) is 23.1 Å². The Balaban J connectivity index is 1.51. The van der Waals surface area contributed by atoms with E-state index in [1.54, 1.807) is 48.8 Å². The number of H-pyrrole nitrogens is 1. The Labute approximate surface area is 170 Å². The Bertz CT molecular complexity index is 1200. The highest BCUT2D eigenvalue weighted by Gasteiger charge is 2.12. The molecule has 0 aliphatic carbocycles. The number of anilines is 2. The molecule has 8 heteroatoms. The molecule has 0 bridgehead atoms. The summed E-state index contributed by atoms with van der Waals surface area (Å²) >= 11 is 0. The van der Waals surface area contributed by atoms with Gasteiger partial charge < -0.3 is 10.6 Å². The minimum Gasteiger partial charge on any atom is -0.375 e. The third-order valence-corrected chi connectivity index (χ3v) is 4.37. The second-order valence-electron chi connectivity index (χ2n) is 6.51. The van der Waals surface area contributed by atoms with Crippen LogP contribution in [0, 0.1) is 11.6 Å². The number of hydrogen-bond donors (Lipinski definition) is 3. The molecule has 3 N–H and O–H groups in total. The van der Waals surface area contributed by atoms with E-state index in [0.29, 0.717) is 22.3 Å². The van der Waals surface area contributed by atoms with Crippen LogP contribution >= 0.6 is 0 Å². The lowest BCUT2D eigenvalue weighted by atomic mass is 10.1. The molecule has 0 radical (unpaired) electrons. The van der Waals surface area contributed by atoms with Crippen molar-refractivity contribution in [1.82, 2.24) is 15.2 Å². The zero-order valence-electron chi connectivity index (χ0n) is 15.7. The van der Waals surface area contributed by atoms with Gasteiger partial charge in [0.25, 0.3) is 0 Å². The highest BCUT2D eigenvalue weighted by molar-refractivity contribution is 5.98. The number of aromatic amines is 1. The van der Waals surface area contributed by atoms with Gasteiger partial charge in [-0.05, 0) is 42.0 Å². The number of aromatic nitrogens is 3. The largest absolute Gasteiger partial charge is 0.375 e.